The molecule has 0 aromatic carbocycles. The van der Waals surface area contributed by atoms with E-state index in [1.807, 2.05) is 10.8 Å². The number of rotatable bonds is 4. The Hall–Kier alpha value is -0.870. The van der Waals surface area contributed by atoms with Gasteiger partial charge in [0.2, 0.25) is 0 Å². The summed E-state index contributed by atoms with van der Waals surface area (Å²) >= 11 is 0. The van der Waals surface area contributed by atoms with Crippen LogP contribution in [-0.2, 0) is 13.0 Å². The van der Waals surface area contributed by atoms with Gasteiger partial charge in [-0.25, -0.2) is 4.98 Å². The highest BCUT2D eigenvalue weighted by Gasteiger charge is 1.95. The van der Waals surface area contributed by atoms with Crippen molar-refractivity contribution in [2.75, 3.05) is 13.1 Å². The Morgan fingerprint density at radius 3 is 2.82 bits per heavy atom. The Balaban J connectivity index is 2.51. The molecule has 0 bridgehead atoms. The maximum absolute atomic E-state index is 5.37. The normalized spacial score (nSPS) is 10.4. The second-order valence-corrected chi connectivity index (χ2v) is 2.43. The number of hydrogen-bond acceptors (Lipinski definition) is 3. The van der Waals surface area contributed by atoms with Crippen LogP contribution in [0.15, 0.2) is 12.5 Å². The van der Waals surface area contributed by atoms with Gasteiger partial charge in [-0.15, -0.1) is 0 Å². The van der Waals surface area contributed by atoms with Crippen LogP contribution in [0.25, 0.3) is 0 Å². The number of hydrogen-bond donors (Lipinski definition) is 2. The fraction of sp³-hybridized carbons (Fsp3) is 0.571. The van der Waals surface area contributed by atoms with E-state index >= 15 is 0 Å². The highest BCUT2D eigenvalue weighted by molar-refractivity contribution is 4.96. The predicted octanol–water partition coefficient (Wildman–Crippen LogP) is -0.657. The lowest BCUT2D eigenvalue weighted by molar-refractivity contribution is 0.707. The molecule has 0 spiro atoms. The molecular formula is C7H14N4. The van der Waals surface area contributed by atoms with Crippen molar-refractivity contribution >= 4 is 0 Å². The first kappa shape index (κ1) is 8.23. The van der Waals surface area contributed by atoms with Crippen molar-refractivity contribution in [3.63, 3.8) is 0 Å². The molecule has 11 heavy (non-hydrogen) atoms. The van der Waals surface area contributed by atoms with Gasteiger partial charge in [0.05, 0.1) is 12.0 Å². The zero-order valence-corrected chi connectivity index (χ0v) is 6.53. The Bertz CT molecular complexity index is 185. The topological polar surface area (TPSA) is 69.9 Å². The van der Waals surface area contributed by atoms with Crippen LogP contribution in [0.1, 0.15) is 5.69 Å². The fourth-order valence-corrected chi connectivity index (χ4v) is 0.955. The first-order valence-electron chi connectivity index (χ1n) is 3.77. The molecule has 4 N–H and O–H groups in total. The molecule has 0 aliphatic rings. The summed E-state index contributed by atoms with van der Waals surface area (Å²) in [6, 6.07) is 0. The average Bonchev–Trinajstić information content (AvgIpc) is 2.38. The standard InChI is InChI=1S/C7H14N4/c8-2-1-7-5-11(4-3-9)6-10-7/h5-6H,1-4,8-9H2. The zero-order valence-electron chi connectivity index (χ0n) is 6.53. The number of imidazole rings is 1. The summed E-state index contributed by atoms with van der Waals surface area (Å²) in [6.45, 7) is 2.13. The summed E-state index contributed by atoms with van der Waals surface area (Å²) in [5.41, 5.74) is 11.8. The molecule has 62 valence electrons. The van der Waals surface area contributed by atoms with E-state index in [4.69, 9.17) is 11.5 Å². The molecular weight excluding hydrogens is 140 g/mol. The van der Waals surface area contributed by atoms with Gasteiger partial charge in [-0.2, -0.15) is 0 Å². The number of nitrogens with two attached hydrogens (primary N) is 2. The quantitative estimate of drug-likeness (QED) is 0.605. The lowest BCUT2D eigenvalue weighted by Crippen LogP contribution is -2.08. The van der Waals surface area contributed by atoms with E-state index in [9.17, 15) is 0 Å². The van der Waals surface area contributed by atoms with Gasteiger partial charge in [0, 0.05) is 25.7 Å². The van der Waals surface area contributed by atoms with Gasteiger partial charge in [0.15, 0.2) is 0 Å². The lowest BCUT2D eigenvalue weighted by atomic mass is 10.3. The second-order valence-electron chi connectivity index (χ2n) is 2.43. The Kier molecular flexibility index (Phi) is 3.07. The van der Waals surface area contributed by atoms with Crippen LogP contribution in [0.3, 0.4) is 0 Å². The largest absolute Gasteiger partial charge is 0.336 e. The van der Waals surface area contributed by atoms with E-state index in [0.29, 0.717) is 13.1 Å². The molecule has 0 atom stereocenters. The SMILES string of the molecule is NCCc1cn(CCN)cn1. The number of nitrogens with zero attached hydrogens (tertiary/aromatic N) is 2. The van der Waals surface area contributed by atoms with Crippen LogP contribution in [0.4, 0.5) is 0 Å². The van der Waals surface area contributed by atoms with E-state index in [1.165, 1.54) is 0 Å². The lowest BCUT2D eigenvalue weighted by Gasteiger charge is -1.95. The highest BCUT2D eigenvalue weighted by atomic mass is 15.0. The van der Waals surface area contributed by atoms with Gasteiger partial charge in [0.25, 0.3) is 0 Å². The van der Waals surface area contributed by atoms with Crippen molar-refractivity contribution in [3.05, 3.63) is 18.2 Å². The fourth-order valence-electron chi connectivity index (χ4n) is 0.955. The third-order valence-corrected chi connectivity index (χ3v) is 1.47. The summed E-state index contributed by atoms with van der Waals surface area (Å²) in [5, 5.41) is 0. The van der Waals surface area contributed by atoms with Crippen LogP contribution in [0.5, 0.6) is 0 Å². The first-order valence-corrected chi connectivity index (χ1v) is 3.77. The van der Waals surface area contributed by atoms with Crippen LogP contribution in [0, 0.1) is 0 Å². The molecule has 4 nitrogen and oxygen atoms in total. The average molecular weight is 154 g/mol. The van der Waals surface area contributed by atoms with E-state index < -0.39 is 0 Å². The molecule has 0 aliphatic carbocycles. The Morgan fingerprint density at radius 2 is 2.18 bits per heavy atom. The van der Waals surface area contributed by atoms with Gasteiger partial charge in [-0.3, -0.25) is 0 Å². The molecule has 0 saturated carbocycles. The number of aromatic nitrogens is 2. The van der Waals surface area contributed by atoms with Crippen molar-refractivity contribution in [2.24, 2.45) is 11.5 Å². The molecule has 1 heterocycles. The Morgan fingerprint density at radius 1 is 1.36 bits per heavy atom. The van der Waals surface area contributed by atoms with Crippen LogP contribution >= 0.6 is 0 Å². The van der Waals surface area contributed by atoms with E-state index in [1.54, 1.807) is 6.33 Å². The maximum Gasteiger partial charge on any atom is 0.0949 e. The summed E-state index contributed by atoms with van der Waals surface area (Å²) in [4.78, 5) is 4.15. The minimum Gasteiger partial charge on any atom is -0.336 e. The molecule has 0 saturated heterocycles. The van der Waals surface area contributed by atoms with Crippen LogP contribution in [-0.4, -0.2) is 22.6 Å². The minimum absolute atomic E-state index is 0.651. The van der Waals surface area contributed by atoms with Gasteiger partial charge in [-0.05, 0) is 6.54 Å². The van der Waals surface area contributed by atoms with E-state index in [0.717, 1.165) is 18.7 Å². The zero-order chi connectivity index (χ0) is 8.10. The third kappa shape index (κ3) is 2.32. The summed E-state index contributed by atoms with van der Waals surface area (Å²) in [6.07, 6.45) is 4.62. The highest BCUT2D eigenvalue weighted by Crippen LogP contribution is 1.95. The van der Waals surface area contributed by atoms with E-state index in [-0.39, 0.29) is 0 Å². The van der Waals surface area contributed by atoms with Crippen LogP contribution in [0.2, 0.25) is 0 Å². The molecule has 0 fully saturated rings. The summed E-state index contributed by atoms with van der Waals surface area (Å²) in [5.74, 6) is 0. The van der Waals surface area contributed by atoms with Crippen molar-refractivity contribution in [1.29, 1.82) is 0 Å². The van der Waals surface area contributed by atoms with E-state index in [2.05, 4.69) is 4.98 Å². The molecule has 1 aromatic rings. The second kappa shape index (κ2) is 4.10. The van der Waals surface area contributed by atoms with Crippen LogP contribution < -0.4 is 11.5 Å². The van der Waals surface area contributed by atoms with Crippen molar-refractivity contribution in [2.45, 2.75) is 13.0 Å². The third-order valence-electron chi connectivity index (χ3n) is 1.47. The molecule has 0 aliphatic heterocycles. The van der Waals surface area contributed by atoms with Crippen molar-refractivity contribution < 1.29 is 0 Å². The van der Waals surface area contributed by atoms with Gasteiger partial charge in [0.1, 0.15) is 0 Å². The van der Waals surface area contributed by atoms with Gasteiger partial charge >= 0.3 is 0 Å². The molecule has 1 aromatic heterocycles. The maximum atomic E-state index is 5.37. The molecule has 1 rings (SSSR count). The van der Waals surface area contributed by atoms with Crippen molar-refractivity contribution in [1.82, 2.24) is 9.55 Å². The van der Waals surface area contributed by atoms with Gasteiger partial charge < -0.3 is 16.0 Å². The first-order chi connectivity index (χ1) is 5.36. The molecule has 0 unspecified atom stereocenters. The summed E-state index contributed by atoms with van der Waals surface area (Å²) < 4.78 is 1.98. The molecule has 0 radical (unpaired) electrons. The Labute approximate surface area is 66.2 Å². The summed E-state index contributed by atoms with van der Waals surface area (Å²) in [7, 11) is 0. The minimum atomic E-state index is 0.651. The van der Waals surface area contributed by atoms with Crippen molar-refractivity contribution in [3.8, 4) is 0 Å². The molecule has 0 amide bonds. The van der Waals surface area contributed by atoms with Gasteiger partial charge in [-0.1, -0.05) is 0 Å². The molecule has 4 heteroatoms. The smallest absolute Gasteiger partial charge is 0.0949 e. The predicted molar refractivity (Wildman–Crippen MR) is 44.0 cm³/mol. The monoisotopic (exact) mass is 154 g/mol.